The Hall–Kier alpha value is 0.399. The van der Waals surface area contributed by atoms with Gasteiger partial charge in [-0.1, -0.05) is 0 Å². The van der Waals surface area contributed by atoms with Crippen LogP contribution in [-0.2, 0) is 30.4 Å². The molecule has 0 saturated carbocycles. The molecule has 0 N–H and O–H groups in total. The van der Waals surface area contributed by atoms with Crippen LogP contribution in [0.4, 0.5) is 39.5 Å². The fraction of sp³-hybridized carbons (Fsp3) is 1.00. The Morgan fingerprint density at radius 2 is 0.538 bits per heavy atom. The summed E-state index contributed by atoms with van der Waals surface area (Å²) in [7, 11) is -18.3. The van der Waals surface area contributed by atoms with Crippen molar-refractivity contribution in [2.75, 3.05) is 0 Å². The van der Waals surface area contributed by atoms with Crippen LogP contribution in [0.2, 0.25) is 0 Å². The van der Waals surface area contributed by atoms with Crippen molar-refractivity contribution in [2.24, 2.45) is 0 Å². The molecule has 9 nitrogen and oxygen atoms in total. The Morgan fingerprint density at radius 1 is 0.500 bits per heavy atom. The van der Waals surface area contributed by atoms with E-state index >= 15 is 0 Å². The van der Waals surface area contributed by atoms with Gasteiger partial charge < -0.3 is 16.5 Å². The maximum Gasteiger partial charge on any atom is 3.00 e. The summed E-state index contributed by atoms with van der Waals surface area (Å²) in [6.45, 7) is 0. The minimum absolute atomic E-state index is 0. The summed E-state index contributed by atoms with van der Waals surface area (Å²) in [5, 5.41) is 0. The molecule has 0 aliphatic rings. The van der Waals surface area contributed by atoms with E-state index in [2.05, 4.69) is 0 Å². The maximum absolute atomic E-state index is 10.7. The molecule has 0 fully saturated rings. The fourth-order valence-corrected chi connectivity index (χ4v) is 0. The van der Waals surface area contributed by atoms with Crippen LogP contribution in [-0.4, -0.2) is 95.9 Å². The molecule has 0 aliphatic heterocycles. The second kappa shape index (κ2) is 11.4. The molecule has 0 rings (SSSR count). The van der Waals surface area contributed by atoms with E-state index < -0.39 is 46.9 Å². The zero-order valence-electron chi connectivity index (χ0n) is 13.1. The number of hydrogen-bond acceptors (Lipinski definition) is 9. The number of halogens is 9. The van der Waals surface area contributed by atoms with Gasteiger partial charge in [-0.15, -0.1) is 0 Å². The van der Waals surface area contributed by atoms with Crippen LogP contribution in [0.5, 0.6) is 0 Å². The van der Waals surface area contributed by atoms with Crippen molar-refractivity contribution in [3.63, 3.8) is 0 Å². The van der Waals surface area contributed by atoms with E-state index in [1.54, 1.807) is 0 Å². The molecule has 154 valence electrons. The van der Waals surface area contributed by atoms with Gasteiger partial charge in [0.25, 0.3) is 0 Å². The molecule has 0 heterocycles. The first-order valence-corrected chi connectivity index (χ1v) is 8.04. The largest absolute Gasteiger partial charge is 3.00 e. The number of rotatable bonds is 0. The zero-order valence-corrected chi connectivity index (χ0v) is 16.1. The van der Waals surface area contributed by atoms with Crippen LogP contribution in [0, 0.1) is 0 Å². The van der Waals surface area contributed by atoms with Crippen LogP contribution in [0.3, 0.4) is 0 Å². The van der Waals surface area contributed by atoms with E-state index in [4.69, 9.17) is 38.9 Å². The van der Waals surface area contributed by atoms with Crippen molar-refractivity contribution in [1.29, 1.82) is 0 Å². The third kappa shape index (κ3) is 17.8. The van der Waals surface area contributed by atoms with Crippen molar-refractivity contribution >= 4 is 70.8 Å². The summed E-state index contributed by atoms with van der Waals surface area (Å²) < 4.78 is 177. The van der Waals surface area contributed by atoms with Gasteiger partial charge in [-0.2, -0.15) is 39.5 Å². The average Bonchev–Trinajstić information content (AvgIpc) is 2.08. The number of alkyl halides is 9. The van der Waals surface area contributed by atoms with E-state index in [0.29, 0.717) is 0 Å². The molecule has 0 atom stereocenters. The summed E-state index contributed by atoms with van der Waals surface area (Å²) >= 11 is 0. The molecule has 26 heavy (non-hydrogen) atoms. The Balaban J connectivity index is -0.0000000441. The van der Waals surface area contributed by atoms with Gasteiger partial charge in [0.2, 0.25) is 0 Å². The second-order valence-corrected chi connectivity index (χ2v) is 6.81. The summed E-state index contributed by atoms with van der Waals surface area (Å²) in [6, 6.07) is 0. The van der Waals surface area contributed by atoms with E-state index in [9.17, 15) is 39.5 Å². The van der Waals surface area contributed by atoms with Crippen molar-refractivity contribution in [3.05, 3.63) is 0 Å². The van der Waals surface area contributed by atoms with Crippen LogP contribution in [0.25, 0.3) is 0 Å². The van der Waals surface area contributed by atoms with E-state index in [0.717, 1.165) is 0 Å². The third-order valence-electron chi connectivity index (χ3n) is 0.850. The van der Waals surface area contributed by atoms with Gasteiger partial charge in [-0.25, -0.2) is 25.3 Å². The Kier molecular flexibility index (Phi) is 16.3. The van der Waals surface area contributed by atoms with Crippen molar-refractivity contribution in [1.82, 2.24) is 0 Å². The second-order valence-electron chi connectivity index (χ2n) is 2.70. The van der Waals surface area contributed by atoms with Crippen molar-refractivity contribution in [2.45, 2.75) is 16.5 Å². The normalized spacial score (nSPS) is 12.9. The molecule has 0 aromatic rings. The quantitative estimate of drug-likeness (QED) is 0.186. The first-order valence-electron chi connectivity index (χ1n) is 3.81. The standard InChI is InChI=1S/3CHF3O3S.Al.Mg.2H/c3*2-1(3,4)8(5,6)7;;;;/h3*(H,5,6,7);;;;/q;;;+3;+2;2*-1/p-3. The minimum Gasteiger partial charge on any atom is -1.00 e. The molecule has 0 unspecified atom stereocenters. The summed E-state index contributed by atoms with van der Waals surface area (Å²) in [4.78, 5) is 0. The topological polar surface area (TPSA) is 172 Å². The molecule has 23 heteroatoms. The van der Waals surface area contributed by atoms with Gasteiger partial charge >= 0.3 is 56.9 Å². The predicted molar refractivity (Wildman–Crippen MR) is 61.0 cm³/mol. The monoisotopic (exact) mass is 500 g/mol. The Labute approximate surface area is 168 Å². The van der Waals surface area contributed by atoms with Crippen LogP contribution >= 0.6 is 0 Å². The molecular weight excluding hydrogens is 498 g/mol. The average molecular weight is 501 g/mol. The molecule has 0 radical (unpaired) electrons. The SMILES string of the molecule is O=S(=O)([O-])C(F)(F)F.O=S(=O)([O-])C(F)(F)F.O=S(=O)([O-])C(F)(F)F.[Al+3].[H-].[H-].[Mg+2]. The zero-order chi connectivity index (χ0) is 21.0. The summed E-state index contributed by atoms with van der Waals surface area (Å²) in [6.07, 6.45) is 0. The summed E-state index contributed by atoms with van der Waals surface area (Å²) in [5.74, 6) is 0. The third-order valence-corrected chi connectivity index (χ3v) is 2.55. The van der Waals surface area contributed by atoms with Crippen LogP contribution in [0.15, 0.2) is 0 Å². The number of hydrogen-bond donors (Lipinski definition) is 0. The van der Waals surface area contributed by atoms with Crippen LogP contribution < -0.4 is 0 Å². The maximum atomic E-state index is 10.7. The molecular formula is C3H2AlF9MgO9S3. The first-order chi connectivity index (χ1) is 9.75. The van der Waals surface area contributed by atoms with Gasteiger partial charge in [0, 0.05) is 0 Å². The molecule has 0 aromatic heterocycles. The van der Waals surface area contributed by atoms with Gasteiger partial charge in [0.15, 0.2) is 30.4 Å². The van der Waals surface area contributed by atoms with E-state index in [1.807, 2.05) is 0 Å². The van der Waals surface area contributed by atoms with Crippen molar-refractivity contribution < 1.29 is 81.3 Å². The Bertz CT molecular complexity index is 613. The molecule has 0 saturated heterocycles. The minimum atomic E-state index is -6.09. The predicted octanol–water partition coefficient (Wildman–Crippen LogP) is -0.382. The molecule has 0 aliphatic carbocycles. The van der Waals surface area contributed by atoms with Crippen LogP contribution in [0.1, 0.15) is 2.85 Å². The molecule has 0 bridgehead atoms. The molecule has 0 spiro atoms. The van der Waals surface area contributed by atoms with Gasteiger partial charge in [0.1, 0.15) is 0 Å². The fourth-order valence-electron chi connectivity index (χ4n) is 0. The molecule has 0 amide bonds. The van der Waals surface area contributed by atoms with E-state index in [-0.39, 0.29) is 43.3 Å². The Morgan fingerprint density at radius 3 is 0.538 bits per heavy atom. The van der Waals surface area contributed by atoms with Gasteiger partial charge in [-0.3, -0.25) is 0 Å². The van der Waals surface area contributed by atoms with Crippen molar-refractivity contribution in [3.8, 4) is 0 Å². The smallest absolute Gasteiger partial charge is 1.00 e. The van der Waals surface area contributed by atoms with Gasteiger partial charge in [0.05, 0.1) is 0 Å². The molecule has 0 aromatic carbocycles. The first kappa shape index (κ1) is 37.2. The van der Waals surface area contributed by atoms with Gasteiger partial charge in [-0.05, 0) is 0 Å². The van der Waals surface area contributed by atoms with E-state index in [1.165, 1.54) is 0 Å². The summed E-state index contributed by atoms with van der Waals surface area (Å²) in [5.41, 5.74) is -16.9.